The van der Waals surface area contributed by atoms with Crippen LogP contribution in [-0.4, -0.2) is 12.6 Å². The van der Waals surface area contributed by atoms with Crippen LogP contribution in [0.25, 0.3) is 0 Å². The molecular formula is C12H17Cl2NO2S. The van der Waals surface area contributed by atoms with Gasteiger partial charge in [0.25, 0.3) is 0 Å². The van der Waals surface area contributed by atoms with Crippen LogP contribution >= 0.6 is 34.5 Å². The van der Waals surface area contributed by atoms with Gasteiger partial charge in [0, 0.05) is 6.04 Å². The maximum absolute atomic E-state index is 11.8. The summed E-state index contributed by atoms with van der Waals surface area (Å²) >= 11 is 13.2. The van der Waals surface area contributed by atoms with Crippen LogP contribution in [0.4, 0.5) is 0 Å². The Kier molecular flexibility index (Phi) is 5.46. The van der Waals surface area contributed by atoms with E-state index in [0.29, 0.717) is 21.7 Å². The van der Waals surface area contributed by atoms with Gasteiger partial charge < -0.3 is 10.5 Å². The van der Waals surface area contributed by atoms with Crippen LogP contribution in [-0.2, 0) is 9.53 Å². The summed E-state index contributed by atoms with van der Waals surface area (Å²) in [6.07, 6.45) is 0.457. The Labute approximate surface area is 121 Å². The van der Waals surface area contributed by atoms with Crippen LogP contribution in [0.3, 0.4) is 0 Å². The molecule has 1 unspecified atom stereocenters. The molecule has 3 nitrogen and oxygen atoms in total. The quantitative estimate of drug-likeness (QED) is 0.835. The lowest BCUT2D eigenvalue weighted by Crippen LogP contribution is -2.30. The standard InChI is InChI=1S/C12H17Cl2NO2S/c1-4-17-11(16)12(2,3)6-8(15)7-5-9(13)18-10(7)14/h5,8H,4,6,15H2,1-3H3. The molecular weight excluding hydrogens is 293 g/mol. The van der Waals surface area contributed by atoms with Crippen molar-refractivity contribution < 1.29 is 9.53 Å². The smallest absolute Gasteiger partial charge is 0.311 e. The van der Waals surface area contributed by atoms with Crippen molar-refractivity contribution in [2.24, 2.45) is 11.1 Å². The summed E-state index contributed by atoms with van der Waals surface area (Å²) < 4.78 is 6.20. The molecule has 0 amide bonds. The highest BCUT2D eigenvalue weighted by Gasteiger charge is 2.32. The van der Waals surface area contributed by atoms with Crippen LogP contribution in [0.5, 0.6) is 0 Å². The fourth-order valence-corrected chi connectivity index (χ4v) is 3.27. The highest BCUT2D eigenvalue weighted by atomic mass is 35.5. The number of nitrogens with two attached hydrogens (primary N) is 1. The predicted octanol–water partition coefficient (Wildman–Crippen LogP) is 4.03. The average molecular weight is 310 g/mol. The van der Waals surface area contributed by atoms with Gasteiger partial charge in [-0.1, -0.05) is 23.2 Å². The van der Waals surface area contributed by atoms with Gasteiger partial charge in [0.05, 0.1) is 20.7 Å². The van der Waals surface area contributed by atoms with Gasteiger partial charge in [0.1, 0.15) is 0 Å². The van der Waals surface area contributed by atoms with E-state index in [2.05, 4.69) is 0 Å². The van der Waals surface area contributed by atoms with Crippen molar-refractivity contribution >= 4 is 40.5 Å². The summed E-state index contributed by atoms with van der Waals surface area (Å²) in [6, 6.07) is 1.42. The Bertz CT molecular complexity index is 432. The van der Waals surface area contributed by atoms with Gasteiger partial charge in [0.15, 0.2) is 0 Å². The van der Waals surface area contributed by atoms with Gasteiger partial charge in [-0.15, -0.1) is 11.3 Å². The highest BCUT2D eigenvalue weighted by molar-refractivity contribution is 7.20. The fraction of sp³-hybridized carbons (Fsp3) is 0.583. The zero-order valence-electron chi connectivity index (χ0n) is 10.6. The number of carbonyl (C=O) groups excluding carboxylic acids is 1. The van der Waals surface area contributed by atoms with Crippen LogP contribution < -0.4 is 5.73 Å². The SMILES string of the molecule is CCOC(=O)C(C)(C)CC(N)c1cc(Cl)sc1Cl. The van der Waals surface area contributed by atoms with Crippen LogP contribution in [0.15, 0.2) is 6.07 Å². The Morgan fingerprint density at radius 2 is 2.17 bits per heavy atom. The van der Waals surface area contributed by atoms with Crippen molar-refractivity contribution in [3.63, 3.8) is 0 Å². The lowest BCUT2D eigenvalue weighted by molar-refractivity contribution is -0.154. The molecule has 18 heavy (non-hydrogen) atoms. The van der Waals surface area contributed by atoms with E-state index in [9.17, 15) is 4.79 Å². The summed E-state index contributed by atoms with van der Waals surface area (Å²) in [5.41, 5.74) is 6.22. The topological polar surface area (TPSA) is 52.3 Å². The molecule has 1 aromatic heterocycles. The minimum Gasteiger partial charge on any atom is -0.466 e. The normalized spacial score (nSPS) is 13.4. The molecule has 102 valence electrons. The van der Waals surface area contributed by atoms with Gasteiger partial charge in [-0.3, -0.25) is 4.79 Å². The number of halogens is 2. The number of esters is 1. The second-order valence-corrected chi connectivity index (χ2v) is 6.98. The zero-order valence-corrected chi connectivity index (χ0v) is 13.0. The molecule has 0 bridgehead atoms. The minimum atomic E-state index is -0.646. The van der Waals surface area contributed by atoms with E-state index >= 15 is 0 Å². The largest absolute Gasteiger partial charge is 0.466 e. The fourth-order valence-electron chi connectivity index (χ4n) is 1.68. The van der Waals surface area contributed by atoms with Gasteiger partial charge in [-0.2, -0.15) is 0 Å². The van der Waals surface area contributed by atoms with Crippen LogP contribution in [0.2, 0.25) is 8.67 Å². The molecule has 0 radical (unpaired) electrons. The molecule has 1 atom stereocenters. The van der Waals surface area contributed by atoms with Crippen molar-refractivity contribution in [1.82, 2.24) is 0 Å². The van der Waals surface area contributed by atoms with E-state index < -0.39 is 5.41 Å². The number of hydrogen-bond donors (Lipinski definition) is 1. The molecule has 0 aromatic carbocycles. The van der Waals surface area contributed by atoms with Gasteiger partial charge in [-0.05, 0) is 38.8 Å². The van der Waals surface area contributed by atoms with Crippen molar-refractivity contribution in [1.29, 1.82) is 0 Å². The third-order valence-corrected chi connectivity index (χ3v) is 4.16. The van der Waals surface area contributed by atoms with Crippen molar-refractivity contribution in [2.75, 3.05) is 6.61 Å². The van der Waals surface area contributed by atoms with E-state index in [4.69, 9.17) is 33.7 Å². The van der Waals surface area contributed by atoms with Gasteiger partial charge in [-0.25, -0.2) is 0 Å². The highest BCUT2D eigenvalue weighted by Crippen LogP contribution is 2.38. The Morgan fingerprint density at radius 3 is 2.61 bits per heavy atom. The number of thiophene rings is 1. The number of carbonyl (C=O) groups is 1. The molecule has 1 aromatic rings. The van der Waals surface area contributed by atoms with Crippen LogP contribution in [0, 0.1) is 5.41 Å². The summed E-state index contributed by atoms with van der Waals surface area (Å²) in [5, 5.41) is 0. The maximum atomic E-state index is 11.8. The Balaban J connectivity index is 2.78. The molecule has 0 saturated carbocycles. The monoisotopic (exact) mass is 309 g/mol. The molecule has 0 fully saturated rings. The first-order chi connectivity index (χ1) is 8.27. The Hall–Kier alpha value is -0.290. The summed E-state index contributed by atoms with van der Waals surface area (Å²) in [4.78, 5) is 11.8. The van der Waals surface area contributed by atoms with E-state index in [0.717, 1.165) is 5.56 Å². The lowest BCUT2D eigenvalue weighted by atomic mass is 9.84. The number of rotatable bonds is 5. The zero-order chi connectivity index (χ0) is 13.9. The first kappa shape index (κ1) is 15.8. The molecule has 0 aliphatic heterocycles. The summed E-state index contributed by atoms with van der Waals surface area (Å²) in [7, 11) is 0. The van der Waals surface area contributed by atoms with Crippen molar-refractivity contribution in [3.8, 4) is 0 Å². The second kappa shape index (κ2) is 6.24. The predicted molar refractivity (Wildman–Crippen MR) is 76.3 cm³/mol. The van der Waals surface area contributed by atoms with E-state index in [1.807, 2.05) is 13.8 Å². The van der Waals surface area contributed by atoms with Gasteiger partial charge in [0.2, 0.25) is 0 Å². The molecule has 0 aliphatic rings. The first-order valence-electron chi connectivity index (χ1n) is 5.65. The third-order valence-electron chi connectivity index (χ3n) is 2.64. The minimum absolute atomic E-state index is 0.252. The molecule has 6 heteroatoms. The van der Waals surface area contributed by atoms with Gasteiger partial charge >= 0.3 is 5.97 Å². The number of hydrogen-bond acceptors (Lipinski definition) is 4. The Morgan fingerprint density at radius 1 is 1.56 bits per heavy atom. The van der Waals surface area contributed by atoms with E-state index in [1.165, 1.54) is 11.3 Å². The number of ether oxygens (including phenoxy) is 1. The van der Waals surface area contributed by atoms with Crippen molar-refractivity contribution in [3.05, 3.63) is 20.3 Å². The first-order valence-corrected chi connectivity index (χ1v) is 7.22. The van der Waals surface area contributed by atoms with Crippen LogP contribution in [0.1, 0.15) is 38.8 Å². The average Bonchev–Trinajstić information content (AvgIpc) is 2.57. The maximum Gasteiger partial charge on any atom is 0.311 e. The molecule has 0 spiro atoms. The molecule has 0 aliphatic carbocycles. The molecule has 1 rings (SSSR count). The molecule has 0 saturated heterocycles. The molecule has 2 N–H and O–H groups in total. The summed E-state index contributed by atoms with van der Waals surface area (Å²) in [6.45, 7) is 5.77. The second-order valence-electron chi connectivity index (χ2n) is 4.69. The van der Waals surface area contributed by atoms with E-state index in [-0.39, 0.29) is 12.0 Å². The molecule has 1 heterocycles. The summed E-state index contributed by atoms with van der Waals surface area (Å²) in [5.74, 6) is -0.252. The third kappa shape index (κ3) is 3.85. The van der Waals surface area contributed by atoms with Crippen molar-refractivity contribution in [2.45, 2.75) is 33.2 Å². The lowest BCUT2D eigenvalue weighted by Gasteiger charge is -2.25. The van der Waals surface area contributed by atoms with E-state index in [1.54, 1.807) is 13.0 Å².